The van der Waals surface area contributed by atoms with Crippen LogP contribution in [0.15, 0.2) is 46.9 Å². The Morgan fingerprint density at radius 2 is 2.00 bits per heavy atom. The number of hydrogen-bond donors (Lipinski definition) is 1. The highest BCUT2D eigenvalue weighted by Crippen LogP contribution is 2.27. The third kappa shape index (κ3) is 3.71. The SMILES string of the molecule is CC(Cl)c1ccccc1NCc1ccc(F)c(Br)c1. The van der Waals surface area contributed by atoms with Gasteiger partial charge in [0, 0.05) is 12.2 Å². The van der Waals surface area contributed by atoms with Crippen LogP contribution in [0.1, 0.15) is 23.4 Å². The molecule has 100 valence electrons. The summed E-state index contributed by atoms with van der Waals surface area (Å²) in [5, 5.41) is 3.28. The van der Waals surface area contributed by atoms with Gasteiger partial charge in [0.25, 0.3) is 0 Å². The molecule has 2 aromatic rings. The van der Waals surface area contributed by atoms with Crippen molar-refractivity contribution in [1.29, 1.82) is 0 Å². The second kappa shape index (κ2) is 6.40. The number of hydrogen-bond acceptors (Lipinski definition) is 1. The molecule has 0 amide bonds. The number of alkyl halides is 1. The summed E-state index contributed by atoms with van der Waals surface area (Å²) in [5.74, 6) is -0.251. The summed E-state index contributed by atoms with van der Waals surface area (Å²) in [4.78, 5) is 0. The Kier molecular flexibility index (Phi) is 4.83. The van der Waals surface area contributed by atoms with Crippen LogP contribution in [-0.4, -0.2) is 0 Å². The number of halogens is 3. The van der Waals surface area contributed by atoms with E-state index in [2.05, 4.69) is 21.2 Å². The summed E-state index contributed by atoms with van der Waals surface area (Å²) in [5.41, 5.74) is 3.07. The van der Waals surface area contributed by atoms with Crippen LogP contribution in [0.3, 0.4) is 0 Å². The van der Waals surface area contributed by atoms with Gasteiger partial charge in [-0.3, -0.25) is 0 Å². The van der Waals surface area contributed by atoms with E-state index >= 15 is 0 Å². The highest BCUT2D eigenvalue weighted by atomic mass is 79.9. The Morgan fingerprint density at radius 3 is 2.68 bits per heavy atom. The largest absolute Gasteiger partial charge is 0.381 e. The average molecular weight is 343 g/mol. The highest BCUT2D eigenvalue weighted by molar-refractivity contribution is 9.10. The Balaban J connectivity index is 2.12. The van der Waals surface area contributed by atoms with Gasteiger partial charge in [0.1, 0.15) is 5.82 Å². The highest BCUT2D eigenvalue weighted by Gasteiger charge is 2.07. The monoisotopic (exact) mass is 341 g/mol. The summed E-state index contributed by atoms with van der Waals surface area (Å²) in [6, 6.07) is 12.9. The third-order valence-corrected chi connectivity index (χ3v) is 3.70. The first-order valence-electron chi connectivity index (χ1n) is 5.98. The second-order valence-electron chi connectivity index (χ2n) is 4.31. The summed E-state index contributed by atoms with van der Waals surface area (Å²) >= 11 is 9.33. The maximum absolute atomic E-state index is 13.1. The Hall–Kier alpha value is -1.06. The molecule has 0 radical (unpaired) electrons. The fourth-order valence-corrected chi connectivity index (χ4v) is 2.47. The zero-order valence-electron chi connectivity index (χ0n) is 10.5. The smallest absolute Gasteiger partial charge is 0.137 e. The maximum atomic E-state index is 13.1. The lowest BCUT2D eigenvalue weighted by atomic mass is 10.1. The zero-order chi connectivity index (χ0) is 13.8. The van der Waals surface area contributed by atoms with Gasteiger partial charge in [0.05, 0.1) is 9.85 Å². The molecular formula is C15H14BrClFN. The van der Waals surface area contributed by atoms with Crippen molar-refractivity contribution in [2.75, 3.05) is 5.32 Å². The second-order valence-corrected chi connectivity index (χ2v) is 5.81. The molecule has 0 aromatic heterocycles. The molecule has 4 heteroatoms. The van der Waals surface area contributed by atoms with Crippen LogP contribution >= 0.6 is 27.5 Å². The van der Waals surface area contributed by atoms with Crippen molar-refractivity contribution in [3.63, 3.8) is 0 Å². The van der Waals surface area contributed by atoms with Crippen molar-refractivity contribution >= 4 is 33.2 Å². The molecule has 2 aromatic carbocycles. The molecule has 0 bridgehead atoms. The molecular weight excluding hydrogens is 329 g/mol. The van der Waals surface area contributed by atoms with Gasteiger partial charge in [-0.2, -0.15) is 0 Å². The van der Waals surface area contributed by atoms with E-state index in [0.717, 1.165) is 16.8 Å². The minimum absolute atomic E-state index is 0.0522. The quantitative estimate of drug-likeness (QED) is 0.723. The van der Waals surface area contributed by atoms with Gasteiger partial charge in [-0.1, -0.05) is 24.3 Å². The van der Waals surface area contributed by atoms with Gasteiger partial charge in [-0.25, -0.2) is 4.39 Å². The van der Waals surface area contributed by atoms with Crippen molar-refractivity contribution in [1.82, 2.24) is 0 Å². The van der Waals surface area contributed by atoms with Crippen LogP contribution in [0, 0.1) is 5.82 Å². The number of para-hydroxylation sites is 1. The predicted molar refractivity (Wildman–Crippen MR) is 82.1 cm³/mol. The molecule has 2 rings (SSSR count). The van der Waals surface area contributed by atoms with E-state index in [1.54, 1.807) is 12.1 Å². The molecule has 0 spiro atoms. The van der Waals surface area contributed by atoms with Crippen LogP contribution < -0.4 is 5.32 Å². The summed E-state index contributed by atoms with van der Waals surface area (Å²) in [6.07, 6.45) is 0. The van der Waals surface area contributed by atoms with Crippen molar-refractivity contribution in [3.8, 4) is 0 Å². The van der Waals surface area contributed by atoms with E-state index < -0.39 is 0 Å². The first-order valence-corrected chi connectivity index (χ1v) is 7.21. The van der Waals surface area contributed by atoms with Crippen LogP contribution in [0.25, 0.3) is 0 Å². The number of nitrogens with one attached hydrogen (secondary N) is 1. The van der Waals surface area contributed by atoms with Crippen molar-refractivity contribution in [2.45, 2.75) is 18.8 Å². The molecule has 19 heavy (non-hydrogen) atoms. The molecule has 0 heterocycles. The van der Waals surface area contributed by atoms with Gasteiger partial charge < -0.3 is 5.32 Å². The van der Waals surface area contributed by atoms with Crippen LogP contribution in [0.5, 0.6) is 0 Å². The van der Waals surface area contributed by atoms with Crippen molar-refractivity contribution in [2.24, 2.45) is 0 Å². The molecule has 1 atom stereocenters. The maximum Gasteiger partial charge on any atom is 0.137 e. The van der Waals surface area contributed by atoms with E-state index in [4.69, 9.17) is 11.6 Å². The fourth-order valence-electron chi connectivity index (χ4n) is 1.85. The summed E-state index contributed by atoms with van der Waals surface area (Å²) < 4.78 is 13.6. The van der Waals surface area contributed by atoms with Gasteiger partial charge in [0.15, 0.2) is 0 Å². The minimum Gasteiger partial charge on any atom is -0.381 e. The van der Waals surface area contributed by atoms with Gasteiger partial charge >= 0.3 is 0 Å². The molecule has 0 fully saturated rings. The Labute approximate surface area is 125 Å². The van der Waals surface area contributed by atoms with Crippen molar-refractivity contribution < 1.29 is 4.39 Å². The van der Waals surface area contributed by atoms with E-state index in [1.807, 2.05) is 31.2 Å². The van der Waals surface area contributed by atoms with E-state index in [1.165, 1.54) is 6.07 Å². The third-order valence-electron chi connectivity index (χ3n) is 2.86. The van der Waals surface area contributed by atoms with E-state index in [9.17, 15) is 4.39 Å². The topological polar surface area (TPSA) is 12.0 Å². The molecule has 1 N–H and O–H groups in total. The van der Waals surface area contributed by atoms with Crippen LogP contribution in [-0.2, 0) is 6.54 Å². The summed E-state index contributed by atoms with van der Waals surface area (Å²) in [7, 11) is 0. The Bertz CT molecular complexity index is 572. The van der Waals surface area contributed by atoms with E-state index in [-0.39, 0.29) is 11.2 Å². The molecule has 1 nitrogen and oxygen atoms in total. The lowest BCUT2D eigenvalue weighted by Crippen LogP contribution is -2.03. The minimum atomic E-state index is -0.251. The first kappa shape index (κ1) is 14.4. The van der Waals surface area contributed by atoms with E-state index in [0.29, 0.717) is 11.0 Å². The van der Waals surface area contributed by atoms with Gasteiger partial charge in [-0.15, -0.1) is 11.6 Å². The predicted octanol–water partition coefficient (Wildman–Crippen LogP) is 5.50. The van der Waals surface area contributed by atoms with Gasteiger partial charge in [0.2, 0.25) is 0 Å². The zero-order valence-corrected chi connectivity index (χ0v) is 12.8. The summed E-state index contributed by atoms with van der Waals surface area (Å²) in [6.45, 7) is 2.57. The van der Waals surface area contributed by atoms with Crippen molar-refractivity contribution in [3.05, 3.63) is 63.9 Å². The Morgan fingerprint density at radius 1 is 1.26 bits per heavy atom. The van der Waals surface area contributed by atoms with Gasteiger partial charge in [-0.05, 0) is 52.2 Å². The molecule has 0 aliphatic heterocycles. The molecule has 0 saturated heterocycles. The molecule has 0 saturated carbocycles. The molecule has 1 unspecified atom stereocenters. The number of anilines is 1. The standard InChI is InChI=1S/C15H14BrClFN/c1-10(17)12-4-2-3-5-15(12)19-9-11-6-7-14(18)13(16)8-11/h2-8,10,19H,9H2,1H3. The average Bonchev–Trinajstić information content (AvgIpc) is 2.40. The lowest BCUT2D eigenvalue weighted by molar-refractivity contribution is 0.620. The molecule has 0 aliphatic rings. The first-order chi connectivity index (χ1) is 9.08. The van der Waals surface area contributed by atoms with Crippen LogP contribution in [0.2, 0.25) is 0 Å². The fraction of sp³-hybridized carbons (Fsp3) is 0.200. The number of benzene rings is 2. The van der Waals surface area contributed by atoms with Crippen LogP contribution in [0.4, 0.5) is 10.1 Å². The number of rotatable bonds is 4. The normalized spacial score (nSPS) is 12.2. The lowest BCUT2D eigenvalue weighted by Gasteiger charge is -2.13. The molecule has 0 aliphatic carbocycles.